The lowest BCUT2D eigenvalue weighted by Crippen LogP contribution is -2.12. The van der Waals surface area contributed by atoms with Crippen LogP contribution >= 0.6 is 0 Å². The van der Waals surface area contributed by atoms with Crippen LogP contribution in [0.3, 0.4) is 0 Å². The molecule has 3 rings (SSSR count). The van der Waals surface area contributed by atoms with Gasteiger partial charge in [0, 0.05) is 11.6 Å². The predicted molar refractivity (Wildman–Crippen MR) is 75.7 cm³/mol. The molecule has 0 aliphatic heterocycles. The van der Waals surface area contributed by atoms with Crippen molar-refractivity contribution in [3.05, 3.63) is 66.4 Å². The SMILES string of the molecule is Cc1cccc2ccn(S(=O)(=O)c3ccccc3)c12. The Labute approximate surface area is 112 Å². The second-order valence-corrected chi connectivity index (χ2v) is 6.26. The third-order valence-electron chi connectivity index (χ3n) is 3.18. The van der Waals surface area contributed by atoms with Crippen LogP contribution in [0.25, 0.3) is 10.9 Å². The van der Waals surface area contributed by atoms with E-state index < -0.39 is 10.0 Å². The summed E-state index contributed by atoms with van der Waals surface area (Å²) in [5, 5.41) is 0.930. The first-order chi connectivity index (χ1) is 9.10. The topological polar surface area (TPSA) is 39.1 Å². The number of aryl methyl sites for hydroxylation is 1. The lowest BCUT2D eigenvalue weighted by Gasteiger charge is -2.09. The van der Waals surface area contributed by atoms with E-state index in [0.717, 1.165) is 16.5 Å². The zero-order valence-corrected chi connectivity index (χ0v) is 11.3. The molecule has 0 spiro atoms. The number of rotatable bonds is 2. The molecule has 4 heteroatoms. The average molecular weight is 271 g/mol. The van der Waals surface area contributed by atoms with Crippen LogP contribution in [0, 0.1) is 6.92 Å². The normalized spacial score (nSPS) is 11.8. The van der Waals surface area contributed by atoms with Gasteiger partial charge in [0.25, 0.3) is 10.0 Å². The maximum atomic E-state index is 12.6. The van der Waals surface area contributed by atoms with E-state index in [4.69, 9.17) is 0 Å². The fourth-order valence-electron chi connectivity index (χ4n) is 2.25. The molecule has 0 saturated carbocycles. The molecule has 1 aromatic heterocycles. The van der Waals surface area contributed by atoms with Crippen LogP contribution in [0.4, 0.5) is 0 Å². The minimum atomic E-state index is -3.53. The summed E-state index contributed by atoms with van der Waals surface area (Å²) in [6.45, 7) is 1.92. The number of nitrogens with zero attached hydrogens (tertiary/aromatic N) is 1. The van der Waals surface area contributed by atoms with Gasteiger partial charge >= 0.3 is 0 Å². The van der Waals surface area contributed by atoms with E-state index in [9.17, 15) is 8.42 Å². The molecule has 2 aromatic carbocycles. The Balaban J connectivity index is 2.31. The van der Waals surface area contributed by atoms with Gasteiger partial charge in [-0.05, 0) is 30.7 Å². The zero-order valence-electron chi connectivity index (χ0n) is 10.4. The first kappa shape index (κ1) is 12.0. The van der Waals surface area contributed by atoms with Crippen LogP contribution in [0.15, 0.2) is 65.7 Å². The van der Waals surface area contributed by atoms with E-state index >= 15 is 0 Å². The fraction of sp³-hybridized carbons (Fsp3) is 0.0667. The lowest BCUT2D eigenvalue weighted by atomic mass is 10.2. The minimum Gasteiger partial charge on any atom is -0.241 e. The maximum absolute atomic E-state index is 12.6. The van der Waals surface area contributed by atoms with Crippen molar-refractivity contribution in [1.29, 1.82) is 0 Å². The van der Waals surface area contributed by atoms with Gasteiger partial charge in [-0.15, -0.1) is 0 Å². The quantitative estimate of drug-likeness (QED) is 0.718. The van der Waals surface area contributed by atoms with Crippen molar-refractivity contribution in [1.82, 2.24) is 3.97 Å². The second kappa shape index (κ2) is 4.24. The van der Waals surface area contributed by atoms with Gasteiger partial charge < -0.3 is 0 Å². The number of hydrogen-bond donors (Lipinski definition) is 0. The van der Waals surface area contributed by atoms with E-state index in [1.165, 1.54) is 3.97 Å². The van der Waals surface area contributed by atoms with Gasteiger partial charge in [-0.2, -0.15) is 0 Å². The Morgan fingerprint density at radius 1 is 0.895 bits per heavy atom. The third-order valence-corrected chi connectivity index (χ3v) is 4.87. The van der Waals surface area contributed by atoms with Crippen LogP contribution < -0.4 is 0 Å². The highest BCUT2D eigenvalue weighted by Gasteiger charge is 2.18. The van der Waals surface area contributed by atoms with Gasteiger partial charge in [-0.3, -0.25) is 0 Å². The molecule has 0 aliphatic rings. The number of fused-ring (bicyclic) bond motifs is 1. The summed E-state index contributed by atoms with van der Waals surface area (Å²) in [4.78, 5) is 0.302. The van der Waals surface area contributed by atoms with Crippen molar-refractivity contribution < 1.29 is 8.42 Å². The Morgan fingerprint density at radius 2 is 1.63 bits per heavy atom. The molecule has 0 saturated heterocycles. The maximum Gasteiger partial charge on any atom is 0.268 e. The Bertz CT molecular complexity index is 833. The predicted octanol–water partition coefficient (Wildman–Crippen LogP) is 3.19. The summed E-state index contributed by atoms with van der Waals surface area (Å²) in [5.41, 5.74) is 1.69. The Morgan fingerprint density at radius 3 is 2.37 bits per heavy atom. The highest BCUT2D eigenvalue weighted by atomic mass is 32.2. The number of aromatic nitrogens is 1. The number of benzene rings is 2. The number of hydrogen-bond acceptors (Lipinski definition) is 2. The van der Waals surface area contributed by atoms with Crippen LogP contribution in [0.1, 0.15) is 5.56 Å². The molecular formula is C15H13NO2S. The van der Waals surface area contributed by atoms with Crippen molar-refractivity contribution in [2.24, 2.45) is 0 Å². The summed E-state index contributed by atoms with van der Waals surface area (Å²) in [5.74, 6) is 0. The summed E-state index contributed by atoms with van der Waals surface area (Å²) in [6, 6.07) is 16.1. The smallest absolute Gasteiger partial charge is 0.241 e. The summed E-state index contributed by atoms with van der Waals surface area (Å²) in [7, 11) is -3.53. The largest absolute Gasteiger partial charge is 0.268 e. The monoisotopic (exact) mass is 271 g/mol. The van der Waals surface area contributed by atoms with Gasteiger partial charge in [0.1, 0.15) is 0 Å². The highest BCUT2D eigenvalue weighted by Crippen LogP contribution is 2.24. The molecule has 0 amide bonds. The van der Waals surface area contributed by atoms with E-state index in [1.807, 2.05) is 31.2 Å². The number of para-hydroxylation sites is 1. The van der Waals surface area contributed by atoms with E-state index in [2.05, 4.69) is 0 Å². The molecule has 0 N–H and O–H groups in total. The molecule has 0 aliphatic carbocycles. The minimum absolute atomic E-state index is 0.302. The van der Waals surface area contributed by atoms with Crippen LogP contribution in [-0.2, 0) is 10.0 Å². The average Bonchev–Trinajstić information content (AvgIpc) is 2.86. The van der Waals surface area contributed by atoms with Crippen LogP contribution in [0.5, 0.6) is 0 Å². The van der Waals surface area contributed by atoms with E-state index in [1.54, 1.807) is 36.5 Å². The van der Waals surface area contributed by atoms with Gasteiger partial charge in [0.05, 0.1) is 10.4 Å². The van der Waals surface area contributed by atoms with Crippen molar-refractivity contribution >= 4 is 20.9 Å². The summed E-state index contributed by atoms with van der Waals surface area (Å²) < 4.78 is 26.6. The van der Waals surface area contributed by atoms with E-state index in [-0.39, 0.29) is 0 Å². The molecule has 96 valence electrons. The van der Waals surface area contributed by atoms with Crippen molar-refractivity contribution in [3.63, 3.8) is 0 Å². The summed E-state index contributed by atoms with van der Waals surface area (Å²) >= 11 is 0. The van der Waals surface area contributed by atoms with Gasteiger partial charge in [0.2, 0.25) is 0 Å². The molecular weight excluding hydrogens is 258 g/mol. The fourth-order valence-corrected chi connectivity index (χ4v) is 3.69. The van der Waals surface area contributed by atoms with Crippen molar-refractivity contribution in [2.75, 3.05) is 0 Å². The van der Waals surface area contributed by atoms with Crippen LogP contribution in [-0.4, -0.2) is 12.4 Å². The van der Waals surface area contributed by atoms with E-state index in [0.29, 0.717) is 4.90 Å². The van der Waals surface area contributed by atoms with Gasteiger partial charge in [0.15, 0.2) is 0 Å². The highest BCUT2D eigenvalue weighted by molar-refractivity contribution is 7.90. The first-order valence-electron chi connectivity index (χ1n) is 5.98. The summed E-state index contributed by atoms with van der Waals surface area (Å²) in [6.07, 6.45) is 1.61. The lowest BCUT2D eigenvalue weighted by molar-refractivity contribution is 0.589. The van der Waals surface area contributed by atoms with Crippen molar-refractivity contribution in [3.8, 4) is 0 Å². The zero-order chi connectivity index (χ0) is 13.5. The molecule has 19 heavy (non-hydrogen) atoms. The second-order valence-electron chi connectivity index (χ2n) is 4.44. The molecule has 0 bridgehead atoms. The van der Waals surface area contributed by atoms with Gasteiger partial charge in [-0.25, -0.2) is 12.4 Å². The first-order valence-corrected chi connectivity index (χ1v) is 7.42. The molecule has 1 heterocycles. The molecule has 3 nitrogen and oxygen atoms in total. The Hall–Kier alpha value is -2.07. The molecule has 3 aromatic rings. The molecule has 0 fully saturated rings. The standard InChI is InChI=1S/C15H13NO2S/c1-12-6-5-7-13-10-11-16(15(12)13)19(17,18)14-8-3-2-4-9-14/h2-11H,1H3. The van der Waals surface area contributed by atoms with Gasteiger partial charge in [-0.1, -0.05) is 36.4 Å². The molecule has 0 atom stereocenters. The molecule has 0 unspecified atom stereocenters. The van der Waals surface area contributed by atoms with Crippen LogP contribution in [0.2, 0.25) is 0 Å². The Kier molecular flexibility index (Phi) is 2.68. The third kappa shape index (κ3) is 1.85. The van der Waals surface area contributed by atoms with Crippen molar-refractivity contribution in [2.45, 2.75) is 11.8 Å². The molecule has 0 radical (unpaired) electrons.